The van der Waals surface area contributed by atoms with Crippen molar-refractivity contribution in [3.63, 3.8) is 0 Å². The normalized spacial score (nSPS) is 10.5. The van der Waals surface area contributed by atoms with Gasteiger partial charge in [0, 0.05) is 10.9 Å². The summed E-state index contributed by atoms with van der Waals surface area (Å²) in [5, 5.41) is 1.26. The molecule has 0 unspecified atom stereocenters. The molecule has 1 heterocycles. The molecule has 0 atom stereocenters. The summed E-state index contributed by atoms with van der Waals surface area (Å²) in [5.41, 5.74) is 1.14. The van der Waals surface area contributed by atoms with Crippen LogP contribution in [0.5, 0.6) is 0 Å². The third-order valence-corrected chi connectivity index (χ3v) is 2.38. The fourth-order valence-corrected chi connectivity index (χ4v) is 1.61. The van der Waals surface area contributed by atoms with Gasteiger partial charge in [-0.15, -0.1) is 0 Å². The van der Waals surface area contributed by atoms with E-state index in [1.54, 1.807) is 18.2 Å². The Balaban J connectivity index is 2.74. The minimum atomic E-state index is -0.129. The van der Waals surface area contributed by atoms with Gasteiger partial charge in [0.15, 0.2) is 5.78 Å². The van der Waals surface area contributed by atoms with E-state index in [-0.39, 0.29) is 12.1 Å². The number of Topliss-reactive ketones (excluding diaryl/α,β-unsaturated/α-hetero) is 1. The number of carbonyl (C=O) groups is 1. The van der Waals surface area contributed by atoms with Gasteiger partial charge in [-0.25, -0.2) is 4.98 Å². The van der Waals surface area contributed by atoms with Gasteiger partial charge in [-0.05, 0) is 24.5 Å². The Morgan fingerprint density at radius 2 is 2.13 bits per heavy atom. The lowest BCUT2D eigenvalue weighted by Gasteiger charge is -2.03. The number of nitrogens with zero attached hydrogens (tertiary/aromatic N) is 1. The number of halogens is 1. The van der Waals surface area contributed by atoms with Crippen molar-refractivity contribution in [2.24, 2.45) is 0 Å². The predicted octanol–water partition coefficient (Wildman–Crippen LogP) is 2.66. The zero-order chi connectivity index (χ0) is 10.8. The van der Waals surface area contributed by atoms with E-state index in [0.717, 1.165) is 5.39 Å². The van der Waals surface area contributed by atoms with Crippen LogP contribution in [0.1, 0.15) is 10.4 Å². The first-order valence-electron chi connectivity index (χ1n) is 4.51. The van der Waals surface area contributed by atoms with Crippen LogP contribution in [0.3, 0.4) is 0 Å². The van der Waals surface area contributed by atoms with Crippen LogP contribution in [0.25, 0.3) is 10.9 Å². The Labute approximate surface area is 93.7 Å². The van der Waals surface area contributed by atoms with Crippen molar-refractivity contribution in [2.75, 3.05) is 0 Å². The summed E-state index contributed by atoms with van der Waals surface area (Å²) in [6, 6.07) is 8.92. The Bertz CT molecular complexity index is 527. The molecule has 0 N–H and O–H groups in total. The van der Waals surface area contributed by atoms with Crippen molar-refractivity contribution in [3.05, 3.63) is 41.0 Å². The van der Waals surface area contributed by atoms with E-state index in [1.165, 1.54) is 0 Å². The lowest BCUT2D eigenvalue weighted by Crippen LogP contribution is -1.99. The molecule has 2 rings (SSSR count). The largest absolute Gasteiger partial charge is 0.295 e. The van der Waals surface area contributed by atoms with E-state index < -0.39 is 0 Å². The third kappa shape index (κ3) is 1.88. The molecule has 4 heteroatoms. The SMILES string of the molecule is [B]CC(=O)c1cccc2ccc(Cl)nc12. The van der Waals surface area contributed by atoms with E-state index in [0.29, 0.717) is 16.2 Å². The van der Waals surface area contributed by atoms with Crippen LogP contribution in [0.15, 0.2) is 30.3 Å². The van der Waals surface area contributed by atoms with Crippen LogP contribution in [-0.4, -0.2) is 18.6 Å². The minimum absolute atomic E-state index is 0.0205. The number of ketones is 1. The Morgan fingerprint density at radius 1 is 1.33 bits per heavy atom. The second-order valence-electron chi connectivity index (χ2n) is 3.14. The van der Waals surface area contributed by atoms with Gasteiger partial charge < -0.3 is 0 Å². The first-order valence-corrected chi connectivity index (χ1v) is 4.88. The molecule has 0 amide bonds. The first kappa shape index (κ1) is 10.2. The van der Waals surface area contributed by atoms with Crippen molar-refractivity contribution >= 4 is 36.1 Å². The standard InChI is InChI=1S/C11H7BClNO/c12-6-9(15)8-3-1-2-7-4-5-10(13)14-11(7)8/h1-5H,6H2. The summed E-state index contributed by atoms with van der Waals surface area (Å²) in [5.74, 6) is -0.129. The van der Waals surface area contributed by atoms with Crippen molar-refractivity contribution in [1.29, 1.82) is 0 Å². The molecule has 2 aromatic rings. The highest BCUT2D eigenvalue weighted by molar-refractivity contribution is 6.30. The second-order valence-corrected chi connectivity index (χ2v) is 3.53. The van der Waals surface area contributed by atoms with Crippen LogP contribution < -0.4 is 0 Å². The highest BCUT2D eigenvalue weighted by Gasteiger charge is 2.08. The van der Waals surface area contributed by atoms with E-state index in [9.17, 15) is 4.79 Å². The summed E-state index contributed by atoms with van der Waals surface area (Å²) >= 11 is 5.78. The third-order valence-electron chi connectivity index (χ3n) is 2.17. The zero-order valence-electron chi connectivity index (χ0n) is 7.90. The van der Waals surface area contributed by atoms with Gasteiger partial charge in [-0.3, -0.25) is 4.79 Å². The molecule has 2 radical (unpaired) electrons. The molecule has 0 bridgehead atoms. The van der Waals surface area contributed by atoms with Gasteiger partial charge in [0.2, 0.25) is 0 Å². The molecule has 0 saturated carbocycles. The number of fused-ring (bicyclic) bond motifs is 1. The smallest absolute Gasteiger partial charge is 0.156 e. The molecule has 72 valence electrons. The molecule has 0 spiro atoms. The summed E-state index contributed by atoms with van der Waals surface area (Å²) in [4.78, 5) is 15.7. The average molecular weight is 215 g/mol. The fraction of sp³-hybridized carbons (Fsp3) is 0.0909. The number of para-hydroxylation sites is 1. The number of aromatic nitrogens is 1. The predicted molar refractivity (Wildman–Crippen MR) is 61.6 cm³/mol. The monoisotopic (exact) mass is 215 g/mol. The molecule has 0 aliphatic rings. The molecule has 2 nitrogen and oxygen atoms in total. The second kappa shape index (κ2) is 4.03. The molecule has 0 aliphatic carbocycles. The van der Waals surface area contributed by atoms with Gasteiger partial charge in [0.1, 0.15) is 5.15 Å². The lowest BCUT2D eigenvalue weighted by atomic mass is 9.94. The number of carbonyl (C=O) groups excluding carboxylic acids is 1. The van der Waals surface area contributed by atoms with Gasteiger partial charge in [-0.2, -0.15) is 0 Å². The van der Waals surface area contributed by atoms with Crippen molar-refractivity contribution in [1.82, 2.24) is 4.98 Å². The summed E-state index contributed by atoms with van der Waals surface area (Å²) in [7, 11) is 5.32. The van der Waals surface area contributed by atoms with Crippen molar-refractivity contribution < 1.29 is 4.79 Å². The van der Waals surface area contributed by atoms with Gasteiger partial charge >= 0.3 is 0 Å². The zero-order valence-corrected chi connectivity index (χ0v) is 8.66. The first-order chi connectivity index (χ1) is 7.22. The maximum Gasteiger partial charge on any atom is 0.156 e. The number of rotatable bonds is 2. The number of hydrogen-bond acceptors (Lipinski definition) is 2. The molecule has 15 heavy (non-hydrogen) atoms. The molecular weight excluding hydrogens is 208 g/mol. The molecule has 1 aromatic carbocycles. The van der Waals surface area contributed by atoms with Gasteiger partial charge in [0.25, 0.3) is 0 Å². The van der Waals surface area contributed by atoms with Crippen molar-refractivity contribution in [2.45, 2.75) is 6.32 Å². The van der Waals surface area contributed by atoms with E-state index >= 15 is 0 Å². The van der Waals surface area contributed by atoms with Crippen LogP contribution in [-0.2, 0) is 0 Å². The van der Waals surface area contributed by atoms with Gasteiger partial charge in [0.05, 0.1) is 13.4 Å². The van der Waals surface area contributed by atoms with E-state index in [2.05, 4.69) is 4.98 Å². The highest BCUT2D eigenvalue weighted by Crippen LogP contribution is 2.20. The molecule has 0 fully saturated rings. The van der Waals surface area contributed by atoms with Crippen LogP contribution in [0, 0.1) is 0 Å². The number of hydrogen-bond donors (Lipinski definition) is 0. The molecule has 1 aromatic heterocycles. The maximum absolute atomic E-state index is 11.5. The Morgan fingerprint density at radius 3 is 2.87 bits per heavy atom. The molecule has 0 saturated heterocycles. The van der Waals surface area contributed by atoms with Gasteiger partial charge in [-0.1, -0.05) is 23.7 Å². The minimum Gasteiger partial charge on any atom is -0.295 e. The topological polar surface area (TPSA) is 30.0 Å². The average Bonchev–Trinajstić information content (AvgIpc) is 2.27. The quantitative estimate of drug-likeness (QED) is 0.438. The molecular formula is C11H7BClNO. The summed E-state index contributed by atoms with van der Waals surface area (Å²) < 4.78 is 0. The Kier molecular flexibility index (Phi) is 2.74. The van der Waals surface area contributed by atoms with E-state index in [4.69, 9.17) is 19.4 Å². The summed E-state index contributed by atoms with van der Waals surface area (Å²) in [6.45, 7) is 0. The lowest BCUT2D eigenvalue weighted by molar-refractivity contribution is 0.101. The van der Waals surface area contributed by atoms with Crippen LogP contribution >= 0.6 is 11.6 Å². The van der Waals surface area contributed by atoms with Crippen LogP contribution in [0.2, 0.25) is 11.5 Å². The number of benzene rings is 1. The Hall–Kier alpha value is -1.35. The number of pyridine rings is 1. The van der Waals surface area contributed by atoms with Crippen molar-refractivity contribution in [3.8, 4) is 0 Å². The van der Waals surface area contributed by atoms with E-state index in [1.807, 2.05) is 12.1 Å². The molecule has 0 aliphatic heterocycles. The van der Waals surface area contributed by atoms with Crippen LogP contribution in [0.4, 0.5) is 0 Å². The highest BCUT2D eigenvalue weighted by atomic mass is 35.5. The maximum atomic E-state index is 11.5. The fourth-order valence-electron chi connectivity index (χ4n) is 1.46. The summed E-state index contributed by atoms with van der Waals surface area (Å²) in [6.07, 6.45) is -0.0205.